The summed E-state index contributed by atoms with van der Waals surface area (Å²) in [6, 6.07) is 15.5. The Morgan fingerprint density at radius 1 is 1.06 bits per heavy atom. The molecular weight excluding hydrogens is 222 g/mol. The number of hydrogen-bond donors (Lipinski definition) is 2. The molecule has 0 aliphatic carbocycles. The maximum atomic E-state index is 10.3. The number of anilines is 1. The SMILES string of the molecule is CCCc1ccc(C(O)c2ccccc2N)cc1. The fourth-order valence-corrected chi connectivity index (χ4v) is 2.09. The summed E-state index contributed by atoms with van der Waals surface area (Å²) < 4.78 is 0. The largest absolute Gasteiger partial charge is 0.398 e. The number of aliphatic hydroxyl groups is 1. The standard InChI is InChI=1S/C16H19NO/c1-2-5-12-8-10-13(11-9-12)16(18)14-6-3-4-7-15(14)17/h3-4,6-11,16,18H,2,5,17H2,1H3. The van der Waals surface area contributed by atoms with E-state index < -0.39 is 6.10 Å². The average molecular weight is 241 g/mol. The number of aliphatic hydroxyl groups excluding tert-OH is 1. The van der Waals surface area contributed by atoms with Gasteiger partial charge >= 0.3 is 0 Å². The van der Waals surface area contributed by atoms with Gasteiger partial charge in [0.25, 0.3) is 0 Å². The highest BCUT2D eigenvalue weighted by Gasteiger charge is 2.12. The van der Waals surface area contributed by atoms with Crippen LogP contribution in [0.1, 0.15) is 36.1 Å². The van der Waals surface area contributed by atoms with E-state index in [4.69, 9.17) is 5.73 Å². The maximum Gasteiger partial charge on any atom is 0.106 e. The summed E-state index contributed by atoms with van der Waals surface area (Å²) in [5.41, 5.74) is 9.45. The van der Waals surface area contributed by atoms with Crippen LogP contribution in [0.4, 0.5) is 5.69 Å². The summed E-state index contributed by atoms with van der Waals surface area (Å²) in [4.78, 5) is 0. The summed E-state index contributed by atoms with van der Waals surface area (Å²) in [5.74, 6) is 0. The number of benzene rings is 2. The van der Waals surface area contributed by atoms with Gasteiger partial charge in [-0.3, -0.25) is 0 Å². The molecule has 94 valence electrons. The molecule has 2 aromatic rings. The van der Waals surface area contributed by atoms with Crippen LogP contribution in [0.25, 0.3) is 0 Å². The van der Waals surface area contributed by atoms with Gasteiger partial charge in [-0.25, -0.2) is 0 Å². The first-order chi connectivity index (χ1) is 8.72. The van der Waals surface area contributed by atoms with E-state index in [1.807, 2.05) is 36.4 Å². The molecule has 0 fully saturated rings. The minimum absolute atomic E-state index is 0.627. The van der Waals surface area contributed by atoms with Crippen molar-refractivity contribution in [3.63, 3.8) is 0 Å². The molecule has 1 unspecified atom stereocenters. The summed E-state index contributed by atoms with van der Waals surface area (Å²) in [5, 5.41) is 10.3. The first kappa shape index (κ1) is 12.7. The van der Waals surface area contributed by atoms with Gasteiger partial charge < -0.3 is 10.8 Å². The van der Waals surface area contributed by atoms with Crippen LogP contribution in [0.5, 0.6) is 0 Å². The van der Waals surface area contributed by atoms with Gasteiger partial charge in [0.15, 0.2) is 0 Å². The normalized spacial score (nSPS) is 12.3. The Kier molecular flexibility index (Phi) is 4.00. The monoisotopic (exact) mass is 241 g/mol. The number of rotatable bonds is 4. The van der Waals surface area contributed by atoms with Crippen LogP contribution in [0, 0.1) is 0 Å². The molecule has 18 heavy (non-hydrogen) atoms. The topological polar surface area (TPSA) is 46.2 Å². The van der Waals surface area contributed by atoms with Gasteiger partial charge in [0, 0.05) is 11.3 Å². The Morgan fingerprint density at radius 3 is 2.33 bits per heavy atom. The predicted octanol–water partition coefficient (Wildman–Crippen LogP) is 3.30. The van der Waals surface area contributed by atoms with Crippen molar-refractivity contribution in [2.24, 2.45) is 0 Å². The van der Waals surface area contributed by atoms with Gasteiger partial charge in [0.1, 0.15) is 6.10 Å². The van der Waals surface area contributed by atoms with Gasteiger partial charge in [0.05, 0.1) is 0 Å². The lowest BCUT2D eigenvalue weighted by molar-refractivity contribution is 0.221. The number of hydrogen-bond acceptors (Lipinski definition) is 2. The van der Waals surface area contributed by atoms with Crippen LogP contribution in [0.3, 0.4) is 0 Å². The highest BCUT2D eigenvalue weighted by molar-refractivity contribution is 5.50. The highest BCUT2D eigenvalue weighted by Crippen LogP contribution is 2.26. The molecule has 2 heteroatoms. The van der Waals surface area contributed by atoms with Crippen molar-refractivity contribution in [2.45, 2.75) is 25.9 Å². The second-order valence-corrected chi connectivity index (χ2v) is 4.52. The number of nitrogen functional groups attached to an aromatic ring is 1. The van der Waals surface area contributed by atoms with Gasteiger partial charge in [-0.2, -0.15) is 0 Å². The zero-order valence-electron chi connectivity index (χ0n) is 10.6. The molecule has 0 saturated carbocycles. The van der Waals surface area contributed by atoms with Gasteiger partial charge in [-0.05, 0) is 23.6 Å². The Bertz CT molecular complexity index is 505. The first-order valence-corrected chi connectivity index (χ1v) is 6.33. The molecular formula is C16H19NO. The molecule has 0 amide bonds. The zero-order chi connectivity index (χ0) is 13.0. The van der Waals surface area contributed by atoms with E-state index in [1.165, 1.54) is 5.56 Å². The molecule has 2 aromatic carbocycles. The first-order valence-electron chi connectivity index (χ1n) is 6.33. The lowest BCUT2D eigenvalue weighted by Crippen LogP contribution is -2.03. The van der Waals surface area contributed by atoms with E-state index >= 15 is 0 Å². The van der Waals surface area contributed by atoms with Crippen LogP contribution in [-0.4, -0.2) is 5.11 Å². The molecule has 0 bridgehead atoms. The van der Waals surface area contributed by atoms with E-state index in [9.17, 15) is 5.11 Å². The van der Waals surface area contributed by atoms with Gasteiger partial charge in [0.2, 0.25) is 0 Å². The number of para-hydroxylation sites is 1. The van der Waals surface area contributed by atoms with E-state index in [2.05, 4.69) is 19.1 Å². The minimum atomic E-state index is -0.651. The fraction of sp³-hybridized carbons (Fsp3) is 0.250. The van der Waals surface area contributed by atoms with Crippen molar-refractivity contribution < 1.29 is 5.11 Å². The summed E-state index contributed by atoms with van der Waals surface area (Å²) in [6.07, 6.45) is 1.55. The van der Waals surface area contributed by atoms with Gasteiger partial charge in [-0.15, -0.1) is 0 Å². The Morgan fingerprint density at radius 2 is 1.72 bits per heavy atom. The molecule has 2 nitrogen and oxygen atoms in total. The third-order valence-electron chi connectivity index (χ3n) is 3.12. The third-order valence-corrected chi connectivity index (χ3v) is 3.12. The third kappa shape index (κ3) is 2.71. The quantitative estimate of drug-likeness (QED) is 0.807. The lowest BCUT2D eigenvalue weighted by Gasteiger charge is -2.14. The number of aryl methyl sites for hydroxylation is 1. The predicted molar refractivity (Wildman–Crippen MR) is 75.4 cm³/mol. The molecule has 0 heterocycles. The molecule has 0 radical (unpaired) electrons. The second-order valence-electron chi connectivity index (χ2n) is 4.52. The van der Waals surface area contributed by atoms with Crippen molar-refractivity contribution in [2.75, 3.05) is 5.73 Å². The van der Waals surface area contributed by atoms with Crippen molar-refractivity contribution in [1.29, 1.82) is 0 Å². The lowest BCUT2D eigenvalue weighted by atomic mass is 9.98. The van der Waals surface area contributed by atoms with E-state index in [1.54, 1.807) is 0 Å². The van der Waals surface area contributed by atoms with E-state index in [0.29, 0.717) is 5.69 Å². The van der Waals surface area contributed by atoms with Crippen LogP contribution in [-0.2, 0) is 6.42 Å². The van der Waals surface area contributed by atoms with Gasteiger partial charge in [-0.1, -0.05) is 55.8 Å². The smallest absolute Gasteiger partial charge is 0.106 e. The molecule has 0 aliphatic heterocycles. The van der Waals surface area contributed by atoms with Crippen LogP contribution < -0.4 is 5.73 Å². The number of nitrogens with two attached hydrogens (primary N) is 1. The molecule has 0 aromatic heterocycles. The Balaban J connectivity index is 2.23. The molecule has 3 N–H and O–H groups in total. The van der Waals surface area contributed by atoms with Crippen molar-refractivity contribution in [3.8, 4) is 0 Å². The Labute approximate surface area is 108 Å². The summed E-state index contributed by atoms with van der Waals surface area (Å²) in [7, 11) is 0. The minimum Gasteiger partial charge on any atom is -0.398 e. The van der Waals surface area contributed by atoms with Crippen molar-refractivity contribution >= 4 is 5.69 Å². The van der Waals surface area contributed by atoms with Crippen LogP contribution in [0.2, 0.25) is 0 Å². The maximum absolute atomic E-state index is 10.3. The zero-order valence-corrected chi connectivity index (χ0v) is 10.6. The average Bonchev–Trinajstić information content (AvgIpc) is 2.40. The van der Waals surface area contributed by atoms with E-state index in [-0.39, 0.29) is 0 Å². The van der Waals surface area contributed by atoms with Crippen LogP contribution >= 0.6 is 0 Å². The van der Waals surface area contributed by atoms with Crippen LogP contribution in [0.15, 0.2) is 48.5 Å². The van der Waals surface area contributed by atoms with E-state index in [0.717, 1.165) is 24.0 Å². The summed E-state index contributed by atoms with van der Waals surface area (Å²) >= 11 is 0. The fourth-order valence-electron chi connectivity index (χ4n) is 2.09. The highest BCUT2D eigenvalue weighted by atomic mass is 16.3. The summed E-state index contributed by atoms with van der Waals surface area (Å²) in [6.45, 7) is 2.16. The molecule has 0 spiro atoms. The second kappa shape index (κ2) is 5.69. The molecule has 1 atom stereocenters. The molecule has 0 aliphatic rings. The molecule has 0 saturated heterocycles. The van der Waals surface area contributed by atoms with Crippen molar-refractivity contribution in [1.82, 2.24) is 0 Å². The molecule has 2 rings (SSSR count). The Hall–Kier alpha value is -1.80. The van der Waals surface area contributed by atoms with Crippen molar-refractivity contribution in [3.05, 3.63) is 65.2 Å².